The number of ether oxygens (including phenoxy) is 3. The number of aromatic hydroxyl groups is 2. The van der Waals surface area contributed by atoms with Gasteiger partial charge in [0.05, 0.1) is 30.7 Å². The molecule has 1 atom stereocenters. The van der Waals surface area contributed by atoms with E-state index in [4.69, 9.17) is 31.5 Å². The number of aliphatic hydroxyl groups excluding tert-OH is 1. The summed E-state index contributed by atoms with van der Waals surface area (Å²) >= 11 is 5.46. The Hall–Kier alpha value is -5.83. The molecule has 7 rings (SSSR count). The van der Waals surface area contributed by atoms with E-state index < -0.39 is 11.6 Å². The van der Waals surface area contributed by atoms with Crippen molar-refractivity contribution in [2.24, 2.45) is 10.2 Å². The van der Waals surface area contributed by atoms with Crippen molar-refractivity contribution in [3.05, 3.63) is 112 Å². The van der Waals surface area contributed by atoms with Crippen LogP contribution in [0.1, 0.15) is 49.4 Å². The fourth-order valence-corrected chi connectivity index (χ4v) is 6.39. The Balaban J connectivity index is 0.963. The van der Waals surface area contributed by atoms with Crippen molar-refractivity contribution in [2.45, 2.75) is 18.1 Å². The number of phenolic OH excluding ortho intramolecular Hbond substituents is 2. The number of nitrogens with zero attached hydrogens (tertiary/aromatic N) is 2. The maximum atomic E-state index is 13.4. The summed E-state index contributed by atoms with van der Waals surface area (Å²) in [4.78, 5) is 26.1. The van der Waals surface area contributed by atoms with Gasteiger partial charge in [-0.1, -0.05) is 18.2 Å². The zero-order chi connectivity index (χ0) is 34.8. The molecule has 0 fully saturated rings. The van der Waals surface area contributed by atoms with Crippen LogP contribution in [0.4, 0.5) is 5.69 Å². The topological polar surface area (TPSA) is 183 Å². The van der Waals surface area contributed by atoms with Gasteiger partial charge in [-0.3, -0.25) is 4.79 Å². The first-order valence-corrected chi connectivity index (χ1v) is 16.1. The molecule has 254 valence electrons. The Labute approximate surface area is 291 Å². The van der Waals surface area contributed by atoms with Crippen LogP contribution < -0.4 is 20.7 Å². The van der Waals surface area contributed by atoms with Crippen molar-refractivity contribution in [2.75, 3.05) is 31.6 Å². The van der Waals surface area contributed by atoms with Crippen molar-refractivity contribution in [3.8, 4) is 23.0 Å². The minimum absolute atomic E-state index is 0.0245. The van der Waals surface area contributed by atoms with Gasteiger partial charge in [-0.25, -0.2) is 4.79 Å². The van der Waals surface area contributed by atoms with E-state index in [0.29, 0.717) is 64.5 Å². The van der Waals surface area contributed by atoms with Crippen molar-refractivity contribution in [3.63, 3.8) is 0 Å². The lowest BCUT2D eigenvalue weighted by Crippen LogP contribution is -2.36. The number of aliphatic hydroxyl groups is 1. The number of hydrogen-bond donors (Lipinski definition) is 6. The van der Waals surface area contributed by atoms with Crippen LogP contribution in [0.25, 0.3) is 0 Å². The molecule has 1 unspecified atom stereocenters. The standard InChI is InChI=1S/C36H31N5O8S/c42-13-14-47-25-18-30(41-39-19-25)20-1-3-21(4-2-20)33(45)37-11-12-38-35(50)40-22-5-8-27-26(15-22)34(46)49-36(27)28-9-6-23(43)16-31(28)48-32-17-24(44)7-10-29(32)36/h1-10,15-17,19,25,42-44H,11-14,18H2,(H,37,45)(H2,38,40,50). The summed E-state index contributed by atoms with van der Waals surface area (Å²) < 4.78 is 17.6. The highest BCUT2D eigenvalue weighted by atomic mass is 32.1. The average Bonchev–Trinajstić information content (AvgIpc) is 3.40. The molecule has 3 aliphatic rings. The molecule has 13 nitrogen and oxygen atoms in total. The number of hydrogen-bond acceptors (Lipinski definition) is 11. The number of anilines is 1. The molecular formula is C36H31N5O8S. The van der Waals surface area contributed by atoms with Crippen LogP contribution in [0.3, 0.4) is 0 Å². The second-order valence-electron chi connectivity index (χ2n) is 11.7. The van der Waals surface area contributed by atoms with E-state index in [2.05, 4.69) is 26.2 Å². The van der Waals surface area contributed by atoms with Gasteiger partial charge in [0.2, 0.25) is 0 Å². The number of thiocarbonyl (C=S) groups is 1. The Morgan fingerprint density at radius 1 is 0.920 bits per heavy atom. The van der Waals surface area contributed by atoms with E-state index >= 15 is 0 Å². The predicted molar refractivity (Wildman–Crippen MR) is 187 cm³/mol. The van der Waals surface area contributed by atoms with Gasteiger partial charge in [0.1, 0.15) is 29.1 Å². The molecule has 3 aliphatic heterocycles. The molecule has 0 bridgehead atoms. The first kappa shape index (κ1) is 32.7. The predicted octanol–water partition coefficient (Wildman–Crippen LogP) is 3.94. The van der Waals surface area contributed by atoms with Crippen LogP contribution in [0.2, 0.25) is 0 Å². The van der Waals surface area contributed by atoms with Crippen molar-refractivity contribution in [1.29, 1.82) is 0 Å². The van der Waals surface area contributed by atoms with E-state index in [-0.39, 0.29) is 41.8 Å². The maximum absolute atomic E-state index is 13.4. The fourth-order valence-electron chi connectivity index (χ4n) is 6.17. The number of carbonyl (C=O) groups excluding carboxylic acids is 2. The highest BCUT2D eigenvalue weighted by Gasteiger charge is 2.53. The summed E-state index contributed by atoms with van der Waals surface area (Å²) in [7, 11) is 0. The van der Waals surface area contributed by atoms with Gasteiger partial charge in [-0.05, 0) is 66.3 Å². The highest BCUT2D eigenvalue weighted by Crippen LogP contribution is 2.57. The number of amides is 1. The highest BCUT2D eigenvalue weighted by molar-refractivity contribution is 7.80. The molecule has 0 aliphatic carbocycles. The molecule has 4 aromatic rings. The zero-order valence-electron chi connectivity index (χ0n) is 26.4. The molecule has 0 saturated heterocycles. The molecule has 3 heterocycles. The minimum Gasteiger partial charge on any atom is -0.508 e. The summed E-state index contributed by atoms with van der Waals surface area (Å²) in [5.41, 5.74) is 3.17. The third kappa shape index (κ3) is 6.22. The summed E-state index contributed by atoms with van der Waals surface area (Å²) in [5.74, 6) is -0.270. The number of rotatable bonds is 9. The van der Waals surface area contributed by atoms with Crippen LogP contribution in [-0.2, 0) is 15.1 Å². The Morgan fingerprint density at radius 2 is 1.60 bits per heavy atom. The molecule has 4 aromatic carbocycles. The van der Waals surface area contributed by atoms with Crippen molar-refractivity contribution < 1.29 is 39.1 Å². The fraction of sp³-hybridized carbons (Fsp3) is 0.194. The molecular weight excluding hydrogens is 662 g/mol. The second kappa shape index (κ2) is 13.6. The summed E-state index contributed by atoms with van der Waals surface area (Å²) in [6.07, 6.45) is 1.85. The molecule has 14 heteroatoms. The second-order valence-corrected chi connectivity index (χ2v) is 12.1. The number of esters is 1. The Morgan fingerprint density at radius 3 is 2.30 bits per heavy atom. The molecule has 50 heavy (non-hydrogen) atoms. The molecule has 1 spiro atoms. The number of nitrogens with one attached hydrogen (secondary N) is 3. The molecule has 1 amide bonds. The monoisotopic (exact) mass is 693 g/mol. The van der Waals surface area contributed by atoms with Crippen LogP contribution >= 0.6 is 12.2 Å². The van der Waals surface area contributed by atoms with Crippen molar-refractivity contribution in [1.82, 2.24) is 10.6 Å². The number of fused-ring (bicyclic) bond motifs is 6. The molecule has 0 radical (unpaired) electrons. The molecule has 0 saturated carbocycles. The van der Waals surface area contributed by atoms with E-state index in [9.17, 15) is 19.8 Å². The van der Waals surface area contributed by atoms with Crippen LogP contribution in [0.5, 0.6) is 23.0 Å². The van der Waals surface area contributed by atoms with E-state index in [1.807, 2.05) is 0 Å². The Kier molecular flexibility index (Phi) is 8.89. The van der Waals surface area contributed by atoms with E-state index in [1.165, 1.54) is 24.3 Å². The average molecular weight is 694 g/mol. The van der Waals surface area contributed by atoms with Crippen molar-refractivity contribution >= 4 is 46.8 Å². The van der Waals surface area contributed by atoms with Gasteiger partial charge in [0, 0.05) is 59.6 Å². The van der Waals surface area contributed by atoms with E-state index in [0.717, 1.165) is 11.3 Å². The van der Waals surface area contributed by atoms with Gasteiger partial charge in [-0.15, -0.1) is 0 Å². The minimum atomic E-state index is -1.36. The van der Waals surface area contributed by atoms with E-state index in [1.54, 1.807) is 60.8 Å². The zero-order valence-corrected chi connectivity index (χ0v) is 27.2. The quantitative estimate of drug-likeness (QED) is 0.0849. The normalized spacial score (nSPS) is 16.3. The number of carbonyl (C=O) groups is 2. The lowest BCUT2D eigenvalue weighted by molar-refractivity contribution is 0.0224. The largest absolute Gasteiger partial charge is 0.508 e. The third-order valence-corrected chi connectivity index (χ3v) is 8.68. The molecule has 0 aromatic heterocycles. The first-order valence-electron chi connectivity index (χ1n) is 15.7. The lowest BCUT2D eigenvalue weighted by Gasteiger charge is -2.36. The van der Waals surface area contributed by atoms with Crippen LogP contribution in [-0.4, -0.2) is 76.6 Å². The van der Waals surface area contributed by atoms with Gasteiger partial charge in [0.15, 0.2) is 10.7 Å². The van der Waals surface area contributed by atoms with Gasteiger partial charge in [-0.2, -0.15) is 10.2 Å². The third-order valence-electron chi connectivity index (χ3n) is 8.44. The Bertz CT molecular complexity index is 2010. The smallest absolute Gasteiger partial charge is 0.340 e. The lowest BCUT2D eigenvalue weighted by atomic mass is 9.77. The number of phenols is 2. The van der Waals surface area contributed by atoms with Crippen LogP contribution in [0.15, 0.2) is 89.1 Å². The van der Waals surface area contributed by atoms with Crippen LogP contribution in [0, 0.1) is 0 Å². The molecule has 6 N–H and O–H groups in total. The maximum Gasteiger partial charge on any atom is 0.340 e. The summed E-state index contributed by atoms with van der Waals surface area (Å²) in [5, 5.41) is 46.7. The summed E-state index contributed by atoms with van der Waals surface area (Å²) in [6, 6.07) is 21.4. The van der Waals surface area contributed by atoms with Gasteiger partial charge >= 0.3 is 5.97 Å². The van der Waals surface area contributed by atoms with Gasteiger partial charge in [0.25, 0.3) is 5.91 Å². The number of benzene rings is 4. The summed E-state index contributed by atoms with van der Waals surface area (Å²) in [6.45, 7) is 0.770. The van der Waals surface area contributed by atoms with Gasteiger partial charge < -0.3 is 45.5 Å². The SMILES string of the molecule is O=C(NCCNC(=S)Nc1ccc2c(c1)C(=O)OC21c2ccc(O)cc2Oc2cc(O)ccc21)c1ccc(C2=NN=CC(OCCO)C2)cc1. The first-order chi connectivity index (χ1) is 24.2.